The Morgan fingerprint density at radius 1 is 0.821 bits per heavy atom. The Morgan fingerprint density at radius 3 is 2.11 bits per heavy atom. The van der Waals surface area contributed by atoms with Gasteiger partial charge in [-0.1, -0.05) is 96.5 Å². The first-order valence-corrected chi connectivity index (χ1v) is 19.8. The molecule has 0 aliphatic heterocycles. The zero-order valence-corrected chi connectivity index (χ0v) is 34.6. The van der Waals surface area contributed by atoms with E-state index in [2.05, 4.69) is 79.8 Å². The molecule has 11 nitrogen and oxygen atoms in total. The number of nitrogens with one attached hydrogen (secondary N) is 2. The molecule has 0 fully saturated rings. The van der Waals surface area contributed by atoms with Crippen LogP contribution in [0.15, 0.2) is 102 Å². The number of ketones is 1. The molecule has 0 radical (unpaired) electrons. The number of nitrogens with zero attached hydrogens (tertiary/aromatic N) is 4. The molecule has 2 amide bonds. The van der Waals surface area contributed by atoms with E-state index in [9.17, 15) is 14.4 Å². The lowest BCUT2D eigenvalue weighted by molar-refractivity contribution is -0.123. The van der Waals surface area contributed by atoms with Crippen LogP contribution in [0.25, 0.3) is 5.69 Å². The van der Waals surface area contributed by atoms with Crippen LogP contribution in [0.4, 0.5) is 11.4 Å². The summed E-state index contributed by atoms with van der Waals surface area (Å²) < 4.78 is 10.8. The fourth-order valence-electron chi connectivity index (χ4n) is 5.79. The second-order valence-electron chi connectivity index (χ2n) is 14.7. The summed E-state index contributed by atoms with van der Waals surface area (Å²) in [5, 5.41) is 17.8. The molecule has 56 heavy (non-hydrogen) atoms. The highest BCUT2D eigenvalue weighted by atomic mass is 35.5. The van der Waals surface area contributed by atoms with Gasteiger partial charge in [0.05, 0.1) is 12.8 Å². The molecule has 0 aliphatic rings. The van der Waals surface area contributed by atoms with Gasteiger partial charge < -0.3 is 20.1 Å². The van der Waals surface area contributed by atoms with Crippen LogP contribution in [0.1, 0.15) is 89.2 Å². The highest BCUT2D eigenvalue weighted by molar-refractivity contribution is 8.03. The van der Waals surface area contributed by atoms with Gasteiger partial charge in [0.1, 0.15) is 11.5 Å². The molecule has 13 heteroatoms. The van der Waals surface area contributed by atoms with Gasteiger partial charge in [-0.05, 0) is 119 Å². The van der Waals surface area contributed by atoms with E-state index >= 15 is 0 Å². The monoisotopic (exact) mass is 796 g/mol. The van der Waals surface area contributed by atoms with Crippen molar-refractivity contribution in [2.45, 2.75) is 94.0 Å². The summed E-state index contributed by atoms with van der Waals surface area (Å²) in [6, 6.07) is 28.2. The Balaban J connectivity index is 1.39. The number of hydrogen-bond donors (Lipinski definition) is 2. The number of Topliss-reactive ketones (excluding diaryl/α,β-unsaturated/α-hetero) is 1. The van der Waals surface area contributed by atoms with Crippen LogP contribution in [-0.2, 0) is 20.4 Å². The third kappa shape index (κ3) is 9.42. The Morgan fingerprint density at radius 2 is 1.48 bits per heavy atom. The van der Waals surface area contributed by atoms with Gasteiger partial charge in [0.2, 0.25) is 15.1 Å². The van der Waals surface area contributed by atoms with Crippen molar-refractivity contribution in [1.82, 2.24) is 20.2 Å². The Labute approximate surface area is 337 Å². The number of carbonyl (C=O) groups is 3. The maximum atomic E-state index is 14.2. The highest BCUT2D eigenvalue weighted by Crippen LogP contribution is 2.41. The molecule has 0 saturated carbocycles. The summed E-state index contributed by atoms with van der Waals surface area (Å²) >= 11 is 7.79. The second kappa shape index (κ2) is 17.7. The van der Waals surface area contributed by atoms with Gasteiger partial charge in [0, 0.05) is 22.5 Å². The van der Waals surface area contributed by atoms with Crippen LogP contribution < -0.4 is 20.1 Å². The number of amides is 2. The SMILES string of the molecule is CCC(Oc1ccc(C(C)(C)CC)cc1C(C)(C)CC)C(=O)Nc1cccc(NC(=O)C(Cl)(Sc2nnnn2-c2ccccc2)C(=O)c2ccc(OC)cc2)c1. The highest BCUT2D eigenvalue weighted by Gasteiger charge is 2.47. The summed E-state index contributed by atoms with van der Waals surface area (Å²) in [5.41, 5.74) is 3.56. The van der Waals surface area contributed by atoms with Gasteiger partial charge in [-0.3, -0.25) is 14.4 Å². The van der Waals surface area contributed by atoms with E-state index in [4.69, 9.17) is 21.1 Å². The minimum atomic E-state index is -2.26. The van der Waals surface area contributed by atoms with Crippen molar-refractivity contribution in [2.75, 3.05) is 17.7 Å². The van der Waals surface area contributed by atoms with Crippen molar-refractivity contribution >= 4 is 52.3 Å². The van der Waals surface area contributed by atoms with Gasteiger partial charge in [0.25, 0.3) is 11.8 Å². The topological polar surface area (TPSA) is 137 Å². The summed E-state index contributed by atoms with van der Waals surface area (Å²) in [5.74, 6) is -0.686. The lowest BCUT2D eigenvalue weighted by Crippen LogP contribution is -2.42. The van der Waals surface area contributed by atoms with Gasteiger partial charge in [0.15, 0.2) is 6.10 Å². The van der Waals surface area contributed by atoms with Crippen molar-refractivity contribution < 1.29 is 23.9 Å². The average molecular weight is 797 g/mol. The zero-order valence-electron chi connectivity index (χ0n) is 33.1. The number of aromatic nitrogens is 4. The van der Waals surface area contributed by atoms with Gasteiger partial charge >= 0.3 is 0 Å². The predicted octanol–water partition coefficient (Wildman–Crippen LogP) is 9.39. The number of alkyl halides is 1. The maximum absolute atomic E-state index is 14.2. The first kappa shape index (κ1) is 42.0. The molecule has 1 aromatic heterocycles. The number of methoxy groups -OCH3 is 1. The quantitative estimate of drug-likeness (QED) is 0.0408. The molecule has 1 heterocycles. The van der Waals surface area contributed by atoms with Crippen LogP contribution >= 0.6 is 23.4 Å². The average Bonchev–Trinajstić information content (AvgIpc) is 3.67. The first-order valence-electron chi connectivity index (χ1n) is 18.6. The van der Waals surface area contributed by atoms with Gasteiger partial charge in [-0.2, -0.15) is 4.68 Å². The number of thioether (sulfide) groups is 1. The fraction of sp³-hybridized carbons (Fsp3) is 0.349. The molecule has 0 spiro atoms. The molecule has 294 valence electrons. The van der Waals surface area contributed by atoms with Crippen LogP contribution in [-0.4, -0.2) is 55.2 Å². The number of tetrazole rings is 1. The van der Waals surface area contributed by atoms with Crippen molar-refractivity contribution in [2.24, 2.45) is 0 Å². The molecule has 5 rings (SSSR count). The van der Waals surface area contributed by atoms with Gasteiger partial charge in [-0.15, -0.1) is 5.10 Å². The number of carbonyl (C=O) groups excluding carboxylic acids is 3. The van der Waals surface area contributed by atoms with Crippen LogP contribution in [0.3, 0.4) is 0 Å². The van der Waals surface area contributed by atoms with Crippen molar-refractivity contribution in [1.29, 1.82) is 0 Å². The minimum absolute atomic E-state index is 0.0113. The van der Waals surface area contributed by atoms with Crippen LogP contribution in [0.2, 0.25) is 0 Å². The molecule has 0 bridgehead atoms. The third-order valence-electron chi connectivity index (χ3n) is 10.2. The van der Waals surface area contributed by atoms with Crippen LogP contribution in [0.5, 0.6) is 11.5 Å². The number of halogens is 1. The normalized spacial score (nSPS) is 13.3. The third-order valence-corrected chi connectivity index (χ3v) is 11.9. The molecule has 5 aromatic rings. The second-order valence-corrected chi connectivity index (χ2v) is 16.7. The van der Waals surface area contributed by atoms with Gasteiger partial charge in [-0.25, -0.2) is 0 Å². The Hall–Kier alpha value is -5.20. The Bertz CT molecular complexity index is 2160. The predicted molar refractivity (Wildman–Crippen MR) is 222 cm³/mol. The zero-order chi connectivity index (χ0) is 40.7. The number of rotatable bonds is 17. The van der Waals surface area contributed by atoms with E-state index in [1.165, 1.54) is 29.5 Å². The summed E-state index contributed by atoms with van der Waals surface area (Å²) in [6.07, 6.45) is 1.49. The molecule has 4 aromatic carbocycles. The number of benzene rings is 4. The van der Waals surface area contributed by atoms with E-state index in [0.29, 0.717) is 46.7 Å². The van der Waals surface area contributed by atoms with E-state index in [-0.39, 0.29) is 27.5 Å². The molecule has 2 N–H and O–H groups in total. The molecule has 0 aliphatic carbocycles. The summed E-state index contributed by atoms with van der Waals surface area (Å²) in [6.45, 7) is 15.0. The lowest BCUT2D eigenvalue weighted by Gasteiger charge is -2.31. The Kier molecular flexibility index (Phi) is 13.3. The smallest absolute Gasteiger partial charge is 0.265 e. The largest absolute Gasteiger partial charge is 0.497 e. The van der Waals surface area contributed by atoms with E-state index < -0.39 is 22.0 Å². The standard InChI is InChI=1S/C43H49ClN6O5S/c1-9-35(55-36-25-22-29(41(4,5)10-2)26-34(36)42(6,7)11-3)38(52)45-30-16-15-17-31(27-30)46-39(53)43(44,37(51)28-20-23-33(54-8)24-21-28)56-40-47-48-49-50(40)32-18-13-12-14-19-32/h12-27,35H,9-11H2,1-8H3,(H,45,52)(H,46,53). The summed E-state index contributed by atoms with van der Waals surface area (Å²) in [7, 11) is 1.51. The molecule has 2 atom stereocenters. The summed E-state index contributed by atoms with van der Waals surface area (Å²) in [4.78, 5) is 42.1. The molecule has 2 unspecified atom stereocenters. The number of hydrogen-bond acceptors (Lipinski definition) is 9. The van der Waals surface area contributed by atoms with Crippen molar-refractivity contribution in [3.05, 3.63) is 114 Å². The lowest BCUT2D eigenvalue weighted by atomic mass is 9.76. The van der Waals surface area contributed by atoms with E-state index in [1.54, 1.807) is 48.5 Å². The van der Waals surface area contributed by atoms with E-state index in [1.807, 2.05) is 31.2 Å². The maximum Gasteiger partial charge on any atom is 0.265 e. The molecule has 0 saturated heterocycles. The first-order chi connectivity index (χ1) is 26.6. The minimum Gasteiger partial charge on any atom is -0.497 e. The van der Waals surface area contributed by atoms with Crippen LogP contribution in [0, 0.1) is 0 Å². The van der Waals surface area contributed by atoms with E-state index in [0.717, 1.165) is 18.4 Å². The fourth-order valence-corrected chi connectivity index (χ4v) is 7.06. The number of anilines is 2. The molecular formula is C43H49ClN6O5S. The van der Waals surface area contributed by atoms with Crippen molar-refractivity contribution in [3.8, 4) is 17.2 Å². The van der Waals surface area contributed by atoms with Crippen molar-refractivity contribution in [3.63, 3.8) is 0 Å². The number of ether oxygens (including phenoxy) is 2. The molecular weight excluding hydrogens is 748 g/mol. The number of para-hydroxylation sites is 1.